The van der Waals surface area contributed by atoms with Crippen molar-refractivity contribution in [2.45, 2.75) is 19.4 Å². The number of nitrogens with one attached hydrogen (secondary N) is 1. The largest absolute Gasteiger partial charge is 0.368 e. The van der Waals surface area contributed by atoms with Gasteiger partial charge in [-0.2, -0.15) is 5.26 Å². The van der Waals surface area contributed by atoms with Crippen LogP contribution >= 0.6 is 31.9 Å². The first kappa shape index (κ1) is 16.7. The lowest BCUT2D eigenvalue weighted by atomic mass is 10.0. The van der Waals surface area contributed by atoms with Crippen LogP contribution in [-0.2, 0) is 4.79 Å². The minimum absolute atomic E-state index is 0.187. The summed E-state index contributed by atoms with van der Waals surface area (Å²) in [5.74, 6) is -1.45. The summed E-state index contributed by atoms with van der Waals surface area (Å²) in [4.78, 5) is 23.4. The van der Waals surface area contributed by atoms with Gasteiger partial charge in [-0.15, -0.1) is 0 Å². The molecular formula is C13H13Br2N3O2. The number of carbonyl (C=O) groups excluding carboxylic acids is 2. The Kier molecular flexibility index (Phi) is 6.17. The Hall–Kier alpha value is -1.39. The van der Waals surface area contributed by atoms with E-state index in [1.54, 1.807) is 25.1 Å². The molecule has 0 saturated heterocycles. The zero-order chi connectivity index (χ0) is 15.3. The number of benzene rings is 1. The molecule has 20 heavy (non-hydrogen) atoms. The number of nitrogens with two attached hydrogens (primary N) is 1. The third-order valence-corrected chi connectivity index (χ3v) is 3.50. The monoisotopic (exact) mass is 401 g/mol. The van der Waals surface area contributed by atoms with E-state index in [9.17, 15) is 9.59 Å². The molecule has 3 N–H and O–H groups in total. The van der Waals surface area contributed by atoms with Crippen LogP contribution in [0.5, 0.6) is 0 Å². The van der Waals surface area contributed by atoms with Crippen molar-refractivity contribution >= 4 is 43.7 Å². The Morgan fingerprint density at radius 1 is 1.35 bits per heavy atom. The van der Waals surface area contributed by atoms with Gasteiger partial charge in [-0.3, -0.25) is 9.59 Å². The maximum Gasteiger partial charge on any atom is 0.252 e. The number of rotatable bonds is 5. The van der Waals surface area contributed by atoms with Crippen molar-refractivity contribution in [1.29, 1.82) is 5.26 Å². The molecule has 0 aliphatic rings. The molecule has 0 fully saturated rings. The molecule has 1 rings (SSSR count). The SMILES string of the molecule is C[C@H](C#N)C[C@@H](NC(=O)c1cc(Br)cc(Br)c1)C(N)=O. The predicted molar refractivity (Wildman–Crippen MR) is 81.7 cm³/mol. The van der Waals surface area contributed by atoms with Gasteiger partial charge in [0.15, 0.2) is 0 Å². The number of nitrogens with zero attached hydrogens (tertiary/aromatic N) is 1. The van der Waals surface area contributed by atoms with E-state index in [2.05, 4.69) is 37.2 Å². The highest BCUT2D eigenvalue weighted by molar-refractivity contribution is 9.11. The van der Waals surface area contributed by atoms with Crippen molar-refractivity contribution in [1.82, 2.24) is 5.32 Å². The molecule has 7 heteroatoms. The summed E-state index contributed by atoms with van der Waals surface area (Å²) in [5, 5.41) is 11.3. The van der Waals surface area contributed by atoms with Crippen LogP contribution in [0.2, 0.25) is 0 Å². The van der Waals surface area contributed by atoms with Gasteiger partial charge in [0, 0.05) is 20.4 Å². The molecular weight excluding hydrogens is 390 g/mol. The topological polar surface area (TPSA) is 96.0 Å². The molecule has 2 atom stereocenters. The van der Waals surface area contributed by atoms with Gasteiger partial charge in [0.1, 0.15) is 6.04 Å². The van der Waals surface area contributed by atoms with Gasteiger partial charge in [0.25, 0.3) is 5.91 Å². The number of hydrogen-bond donors (Lipinski definition) is 2. The molecule has 0 aromatic heterocycles. The predicted octanol–water partition coefficient (Wildman–Crippen LogP) is 2.35. The Morgan fingerprint density at radius 3 is 2.35 bits per heavy atom. The summed E-state index contributed by atoms with van der Waals surface area (Å²) in [7, 11) is 0. The number of primary amides is 1. The highest BCUT2D eigenvalue weighted by Crippen LogP contribution is 2.20. The summed E-state index contributed by atoms with van der Waals surface area (Å²) in [6.07, 6.45) is 0.187. The molecule has 0 radical (unpaired) electrons. The fourth-order valence-electron chi connectivity index (χ4n) is 1.58. The molecule has 0 heterocycles. The maximum atomic E-state index is 12.1. The van der Waals surface area contributed by atoms with E-state index in [0.29, 0.717) is 5.56 Å². The first-order valence-corrected chi connectivity index (χ1v) is 7.38. The maximum absolute atomic E-state index is 12.1. The quantitative estimate of drug-likeness (QED) is 0.790. The minimum atomic E-state index is -0.866. The van der Waals surface area contributed by atoms with Crippen LogP contribution < -0.4 is 11.1 Å². The average molecular weight is 403 g/mol. The number of halogens is 2. The third-order valence-electron chi connectivity index (χ3n) is 2.58. The Balaban J connectivity index is 2.86. The van der Waals surface area contributed by atoms with Crippen LogP contribution in [-0.4, -0.2) is 17.9 Å². The molecule has 1 aromatic carbocycles. The van der Waals surface area contributed by atoms with Crippen molar-refractivity contribution in [3.63, 3.8) is 0 Å². The van der Waals surface area contributed by atoms with Gasteiger partial charge in [-0.05, 0) is 31.5 Å². The lowest BCUT2D eigenvalue weighted by Gasteiger charge is -2.16. The Morgan fingerprint density at radius 2 is 1.90 bits per heavy atom. The second-order valence-electron chi connectivity index (χ2n) is 4.35. The molecule has 0 unspecified atom stereocenters. The summed E-state index contributed by atoms with van der Waals surface area (Å²) < 4.78 is 1.47. The van der Waals surface area contributed by atoms with Crippen molar-refractivity contribution in [2.75, 3.05) is 0 Å². The Bertz CT molecular complexity index is 549. The zero-order valence-electron chi connectivity index (χ0n) is 10.7. The lowest BCUT2D eigenvalue weighted by molar-refractivity contribution is -0.120. The summed E-state index contributed by atoms with van der Waals surface area (Å²) in [6.45, 7) is 1.66. The molecule has 1 aromatic rings. The van der Waals surface area contributed by atoms with Gasteiger partial charge in [0.05, 0.1) is 6.07 Å². The van der Waals surface area contributed by atoms with Crippen molar-refractivity contribution in [3.05, 3.63) is 32.7 Å². The summed E-state index contributed by atoms with van der Waals surface area (Å²) in [5.41, 5.74) is 5.64. The molecule has 5 nitrogen and oxygen atoms in total. The highest BCUT2D eigenvalue weighted by Gasteiger charge is 2.21. The Labute approximate surface area is 133 Å². The van der Waals surface area contributed by atoms with E-state index in [4.69, 9.17) is 11.0 Å². The van der Waals surface area contributed by atoms with Crippen molar-refractivity contribution < 1.29 is 9.59 Å². The molecule has 0 spiro atoms. The van der Waals surface area contributed by atoms with Crippen LogP contribution in [0.15, 0.2) is 27.1 Å². The first-order valence-electron chi connectivity index (χ1n) is 5.79. The van der Waals surface area contributed by atoms with Crippen LogP contribution in [0, 0.1) is 17.2 Å². The minimum Gasteiger partial charge on any atom is -0.368 e. The van der Waals surface area contributed by atoms with E-state index in [1.165, 1.54) is 0 Å². The first-order chi connectivity index (χ1) is 9.33. The third kappa shape index (κ3) is 4.94. The second kappa shape index (κ2) is 7.41. The highest BCUT2D eigenvalue weighted by atomic mass is 79.9. The fraction of sp³-hybridized carbons (Fsp3) is 0.308. The number of carbonyl (C=O) groups is 2. The number of amides is 2. The van der Waals surface area contributed by atoms with Gasteiger partial charge in [-0.1, -0.05) is 31.9 Å². The molecule has 2 amide bonds. The van der Waals surface area contributed by atoms with E-state index >= 15 is 0 Å². The second-order valence-corrected chi connectivity index (χ2v) is 6.18. The molecule has 0 saturated carbocycles. The smallest absolute Gasteiger partial charge is 0.252 e. The summed E-state index contributed by atoms with van der Waals surface area (Å²) >= 11 is 6.57. The van der Waals surface area contributed by atoms with Gasteiger partial charge < -0.3 is 11.1 Å². The number of hydrogen-bond acceptors (Lipinski definition) is 3. The van der Waals surface area contributed by atoms with Gasteiger partial charge in [-0.25, -0.2) is 0 Å². The van der Waals surface area contributed by atoms with Gasteiger partial charge in [0.2, 0.25) is 5.91 Å². The normalized spacial score (nSPS) is 13.1. The van der Waals surface area contributed by atoms with E-state index in [-0.39, 0.29) is 12.3 Å². The summed E-state index contributed by atoms with van der Waals surface area (Å²) in [6, 6.07) is 6.20. The van der Waals surface area contributed by atoms with E-state index < -0.39 is 17.9 Å². The molecule has 0 aliphatic carbocycles. The standard InChI is InChI=1S/C13H13Br2N3O2/c1-7(6-16)2-11(12(17)19)18-13(20)8-3-9(14)5-10(15)4-8/h3-5,7,11H,2H2,1H3,(H2,17,19)(H,18,20)/t7-,11+/m0/s1. The molecule has 106 valence electrons. The van der Waals surface area contributed by atoms with Crippen molar-refractivity contribution in [2.24, 2.45) is 11.7 Å². The fourth-order valence-corrected chi connectivity index (χ4v) is 2.87. The van der Waals surface area contributed by atoms with Gasteiger partial charge >= 0.3 is 0 Å². The van der Waals surface area contributed by atoms with Crippen molar-refractivity contribution in [3.8, 4) is 6.07 Å². The molecule has 0 aliphatic heterocycles. The van der Waals surface area contributed by atoms with Crippen LogP contribution in [0.3, 0.4) is 0 Å². The van der Waals surface area contributed by atoms with E-state index in [1.807, 2.05) is 6.07 Å². The van der Waals surface area contributed by atoms with Crippen LogP contribution in [0.1, 0.15) is 23.7 Å². The number of nitriles is 1. The lowest BCUT2D eigenvalue weighted by Crippen LogP contribution is -2.45. The van der Waals surface area contributed by atoms with Crippen LogP contribution in [0.25, 0.3) is 0 Å². The molecule has 0 bridgehead atoms. The zero-order valence-corrected chi connectivity index (χ0v) is 13.9. The average Bonchev–Trinajstić information content (AvgIpc) is 2.36. The van der Waals surface area contributed by atoms with E-state index in [0.717, 1.165) is 8.95 Å². The van der Waals surface area contributed by atoms with Crippen LogP contribution in [0.4, 0.5) is 0 Å².